The van der Waals surface area contributed by atoms with Gasteiger partial charge in [0.1, 0.15) is 11.5 Å². The summed E-state index contributed by atoms with van der Waals surface area (Å²) in [5.74, 6) is -1.08. The summed E-state index contributed by atoms with van der Waals surface area (Å²) >= 11 is 12.6. The Hall–Kier alpha value is -3.73. The Labute approximate surface area is 326 Å². The predicted molar refractivity (Wildman–Crippen MR) is 207 cm³/mol. The number of carboxylic acid groups (broad SMARTS) is 1. The molecule has 2 saturated heterocycles. The molecule has 6 rings (SSSR count). The minimum absolute atomic E-state index is 0.0759. The average molecular weight is 818 g/mol. The number of carboxylic acids is 1. The number of benzene rings is 4. The fraction of sp³-hybridized carbons (Fsp3) is 0.342. The van der Waals surface area contributed by atoms with E-state index in [2.05, 4.69) is 10.6 Å². The van der Waals surface area contributed by atoms with E-state index in [0.29, 0.717) is 60.2 Å². The number of carbonyl (C=O) groups is 1. The molecule has 2 aliphatic rings. The number of hydrogen-bond donors (Lipinski definition) is 3. The summed E-state index contributed by atoms with van der Waals surface area (Å²) in [6.45, 7) is 1.81. The molecular formula is C38H42Cl2N4O8S2. The van der Waals surface area contributed by atoms with Crippen molar-refractivity contribution in [3.63, 3.8) is 0 Å². The second-order valence-corrected chi connectivity index (χ2v) is 18.2. The number of halogens is 2. The van der Waals surface area contributed by atoms with E-state index in [0.717, 1.165) is 11.1 Å². The molecule has 0 aromatic heterocycles. The third-order valence-corrected chi connectivity index (χ3v) is 13.5. The molecule has 4 aromatic carbocycles. The van der Waals surface area contributed by atoms with Crippen molar-refractivity contribution in [3.8, 4) is 11.5 Å². The van der Waals surface area contributed by atoms with E-state index in [9.17, 15) is 26.7 Å². The molecule has 54 heavy (non-hydrogen) atoms. The maximum atomic E-state index is 13.1. The van der Waals surface area contributed by atoms with Crippen LogP contribution in [0.3, 0.4) is 0 Å². The van der Waals surface area contributed by atoms with Gasteiger partial charge in [0.25, 0.3) is 0 Å². The predicted octanol–water partition coefficient (Wildman–Crippen LogP) is 5.25. The molecule has 16 heteroatoms. The first-order valence-electron chi connectivity index (χ1n) is 17.5. The average Bonchev–Trinajstić information content (AvgIpc) is 3.83. The van der Waals surface area contributed by atoms with Crippen molar-refractivity contribution in [2.45, 2.75) is 55.8 Å². The summed E-state index contributed by atoms with van der Waals surface area (Å²) in [5.41, 5.74) is 2.57. The quantitative estimate of drug-likeness (QED) is 0.121. The molecule has 288 valence electrons. The summed E-state index contributed by atoms with van der Waals surface area (Å²) in [5, 5.41) is 17.7. The minimum atomic E-state index is -3.51. The number of aliphatic carboxylic acids is 1. The molecule has 2 heterocycles. The SMILES string of the molecule is O=C(O)C(Oc1ccc(Cl)cc1CNC1CCN(S(=O)(=O)Cc2ccccc2)C1)Oc1ccc(Cl)cc1CNC1CCN(S(=O)(=O)Cc2ccccc2)C1. The Morgan fingerprint density at radius 1 is 0.685 bits per heavy atom. The van der Waals surface area contributed by atoms with Crippen LogP contribution in [-0.4, -0.2) is 81.1 Å². The van der Waals surface area contributed by atoms with Gasteiger partial charge in [-0.1, -0.05) is 83.9 Å². The number of hydrogen-bond acceptors (Lipinski definition) is 9. The van der Waals surface area contributed by atoms with Crippen molar-refractivity contribution in [1.82, 2.24) is 19.2 Å². The molecule has 3 N–H and O–H groups in total. The number of sulfonamides is 2. The van der Waals surface area contributed by atoms with Gasteiger partial charge in [-0.15, -0.1) is 0 Å². The van der Waals surface area contributed by atoms with Crippen LogP contribution in [0.25, 0.3) is 0 Å². The maximum Gasteiger partial charge on any atom is 0.387 e. The number of rotatable bonds is 17. The molecule has 0 aliphatic carbocycles. The van der Waals surface area contributed by atoms with Crippen molar-refractivity contribution in [2.24, 2.45) is 0 Å². The van der Waals surface area contributed by atoms with E-state index in [4.69, 9.17) is 32.7 Å². The lowest BCUT2D eigenvalue weighted by atomic mass is 10.1. The summed E-state index contributed by atoms with van der Waals surface area (Å²) in [4.78, 5) is 12.5. The van der Waals surface area contributed by atoms with Crippen molar-refractivity contribution in [2.75, 3.05) is 26.2 Å². The van der Waals surface area contributed by atoms with Crippen molar-refractivity contribution >= 4 is 49.2 Å². The summed E-state index contributed by atoms with van der Waals surface area (Å²) < 4.78 is 67.1. The molecule has 2 atom stereocenters. The first kappa shape index (κ1) is 39.9. The largest absolute Gasteiger partial charge is 0.476 e. The zero-order chi connectivity index (χ0) is 38.3. The summed E-state index contributed by atoms with van der Waals surface area (Å²) in [7, 11) is -7.01. The van der Waals surface area contributed by atoms with E-state index >= 15 is 0 Å². The van der Waals surface area contributed by atoms with Crippen molar-refractivity contribution < 1.29 is 36.2 Å². The zero-order valence-electron chi connectivity index (χ0n) is 29.3. The van der Waals surface area contributed by atoms with E-state index in [1.54, 1.807) is 60.7 Å². The van der Waals surface area contributed by atoms with Crippen molar-refractivity contribution in [3.05, 3.63) is 129 Å². The van der Waals surface area contributed by atoms with Crippen LogP contribution in [0.2, 0.25) is 10.0 Å². The molecule has 4 aromatic rings. The van der Waals surface area contributed by atoms with Gasteiger partial charge in [0.15, 0.2) is 0 Å². The molecule has 2 unspecified atom stereocenters. The van der Waals surface area contributed by atoms with Crippen LogP contribution in [0.15, 0.2) is 97.1 Å². The Morgan fingerprint density at radius 2 is 1.09 bits per heavy atom. The normalized spacial score (nSPS) is 18.8. The molecular weight excluding hydrogens is 775 g/mol. The van der Waals surface area contributed by atoms with E-state index in [1.165, 1.54) is 8.61 Å². The van der Waals surface area contributed by atoms with Gasteiger partial charge in [-0.05, 0) is 60.4 Å². The van der Waals surface area contributed by atoms with Crippen LogP contribution in [0.4, 0.5) is 0 Å². The number of nitrogens with zero attached hydrogens (tertiary/aromatic N) is 2. The summed E-state index contributed by atoms with van der Waals surface area (Å²) in [6.07, 6.45) is -0.553. The lowest BCUT2D eigenvalue weighted by Gasteiger charge is -2.22. The molecule has 0 saturated carbocycles. The fourth-order valence-corrected chi connectivity index (χ4v) is 10.1. The van der Waals surface area contributed by atoms with Crippen LogP contribution in [-0.2, 0) is 49.4 Å². The van der Waals surface area contributed by atoms with Crippen LogP contribution in [0.5, 0.6) is 11.5 Å². The minimum Gasteiger partial charge on any atom is -0.476 e. The highest BCUT2D eigenvalue weighted by Gasteiger charge is 2.33. The van der Waals surface area contributed by atoms with Gasteiger partial charge in [-0.2, -0.15) is 0 Å². The third-order valence-electron chi connectivity index (χ3n) is 9.35. The lowest BCUT2D eigenvalue weighted by Crippen LogP contribution is -2.36. The highest BCUT2D eigenvalue weighted by molar-refractivity contribution is 7.88. The molecule has 0 spiro atoms. The topological polar surface area (TPSA) is 155 Å². The monoisotopic (exact) mass is 816 g/mol. The first-order valence-corrected chi connectivity index (χ1v) is 21.5. The Morgan fingerprint density at radius 3 is 1.48 bits per heavy atom. The van der Waals surface area contributed by atoms with Gasteiger partial charge in [-0.3, -0.25) is 0 Å². The van der Waals surface area contributed by atoms with Gasteiger partial charge in [0.2, 0.25) is 20.0 Å². The fourth-order valence-electron chi connectivity index (χ4n) is 6.51. The van der Waals surface area contributed by atoms with Gasteiger partial charge in [-0.25, -0.2) is 30.2 Å². The second-order valence-electron chi connectivity index (χ2n) is 13.3. The van der Waals surface area contributed by atoms with Crippen LogP contribution < -0.4 is 20.1 Å². The highest BCUT2D eigenvalue weighted by Crippen LogP contribution is 2.29. The zero-order valence-corrected chi connectivity index (χ0v) is 32.5. The number of ether oxygens (including phenoxy) is 2. The van der Waals surface area contributed by atoms with Crippen LogP contribution >= 0.6 is 23.2 Å². The Bertz CT molecular complexity index is 1980. The highest BCUT2D eigenvalue weighted by atomic mass is 35.5. The first-order chi connectivity index (χ1) is 25.8. The number of nitrogens with one attached hydrogen (secondary N) is 2. The smallest absolute Gasteiger partial charge is 0.387 e. The van der Waals surface area contributed by atoms with Gasteiger partial charge >= 0.3 is 12.3 Å². The van der Waals surface area contributed by atoms with E-state index < -0.39 is 32.3 Å². The molecule has 12 nitrogen and oxygen atoms in total. The lowest BCUT2D eigenvalue weighted by molar-refractivity contribution is -0.158. The van der Waals surface area contributed by atoms with Crippen LogP contribution in [0.1, 0.15) is 35.1 Å². The summed E-state index contributed by atoms with van der Waals surface area (Å²) in [6, 6.07) is 27.4. The van der Waals surface area contributed by atoms with E-state index in [1.807, 2.05) is 36.4 Å². The molecule has 0 radical (unpaired) electrons. The van der Waals surface area contributed by atoms with E-state index in [-0.39, 0.29) is 48.2 Å². The van der Waals surface area contributed by atoms with Crippen LogP contribution in [0, 0.1) is 0 Å². The molecule has 2 aliphatic heterocycles. The van der Waals surface area contributed by atoms with Gasteiger partial charge in [0, 0.05) is 72.5 Å². The van der Waals surface area contributed by atoms with Crippen molar-refractivity contribution in [1.29, 1.82) is 0 Å². The second kappa shape index (κ2) is 17.8. The Balaban J connectivity index is 1.06. The van der Waals surface area contributed by atoms with Gasteiger partial charge in [0.05, 0.1) is 11.5 Å². The molecule has 0 bridgehead atoms. The Kier molecular flexibility index (Phi) is 13.2. The maximum absolute atomic E-state index is 13.1. The van der Waals surface area contributed by atoms with Gasteiger partial charge < -0.3 is 25.2 Å². The molecule has 0 amide bonds. The standard InChI is InChI=1S/C38H42Cl2N4O8S2/c39-31-11-13-35(29(19-31)21-41-33-15-17-43(23-33)53(47,48)25-27-7-3-1-4-8-27)51-38(37(45)46)52-36-14-12-32(40)20-30(36)22-42-34-16-18-44(24-34)54(49,50)26-28-9-5-2-6-10-28/h1-14,19-20,33-34,38,41-42H,15-18,21-26H2,(H,45,46). The molecule has 2 fully saturated rings. The third kappa shape index (κ3) is 10.7.